The fraction of sp³-hybridized carbons (Fsp3) is 0.750. The third kappa shape index (κ3) is 2.95. The van der Waals surface area contributed by atoms with Gasteiger partial charge in [0.25, 0.3) is 0 Å². The van der Waals surface area contributed by atoms with Crippen molar-refractivity contribution < 1.29 is 0 Å². The molecule has 110 valence electrons. The van der Waals surface area contributed by atoms with Crippen molar-refractivity contribution in [1.29, 1.82) is 0 Å². The van der Waals surface area contributed by atoms with Crippen molar-refractivity contribution in [3.8, 4) is 0 Å². The van der Waals surface area contributed by atoms with E-state index in [0.717, 1.165) is 49.5 Å². The standard InChI is InChI=1S/C16H26N4/c1-2-8-17-10-14-11-19-16(12-18-14)20-9-7-13-5-3-4-6-15(13)20/h11-13,15,17H,2-10H2,1H3. The van der Waals surface area contributed by atoms with Crippen LogP contribution >= 0.6 is 0 Å². The van der Waals surface area contributed by atoms with Crippen LogP contribution in [0.4, 0.5) is 5.82 Å². The summed E-state index contributed by atoms with van der Waals surface area (Å²) in [6.45, 7) is 5.21. The van der Waals surface area contributed by atoms with E-state index in [-0.39, 0.29) is 0 Å². The number of rotatable bonds is 5. The van der Waals surface area contributed by atoms with Gasteiger partial charge in [0, 0.05) is 19.1 Å². The van der Waals surface area contributed by atoms with Crippen LogP contribution in [-0.2, 0) is 6.54 Å². The molecule has 4 heteroatoms. The van der Waals surface area contributed by atoms with Crippen molar-refractivity contribution in [1.82, 2.24) is 15.3 Å². The van der Waals surface area contributed by atoms with Crippen molar-refractivity contribution in [3.63, 3.8) is 0 Å². The molecule has 1 saturated heterocycles. The molecule has 1 saturated carbocycles. The molecule has 2 heterocycles. The Kier molecular flexibility index (Phi) is 4.51. The summed E-state index contributed by atoms with van der Waals surface area (Å²) >= 11 is 0. The molecule has 2 aliphatic rings. The number of aromatic nitrogens is 2. The second-order valence-electron chi connectivity index (χ2n) is 6.14. The minimum absolute atomic E-state index is 0.724. The average Bonchev–Trinajstić information content (AvgIpc) is 2.92. The summed E-state index contributed by atoms with van der Waals surface area (Å²) in [6.07, 6.45) is 12.0. The number of nitrogens with one attached hydrogen (secondary N) is 1. The maximum atomic E-state index is 4.65. The first-order chi connectivity index (χ1) is 9.88. The van der Waals surface area contributed by atoms with Gasteiger partial charge in [-0.1, -0.05) is 19.8 Å². The summed E-state index contributed by atoms with van der Waals surface area (Å²) in [4.78, 5) is 11.7. The van der Waals surface area contributed by atoms with Crippen LogP contribution in [0, 0.1) is 5.92 Å². The highest BCUT2D eigenvalue weighted by atomic mass is 15.2. The van der Waals surface area contributed by atoms with Gasteiger partial charge >= 0.3 is 0 Å². The molecule has 0 amide bonds. The molecule has 2 atom stereocenters. The Morgan fingerprint density at radius 1 is 1.20 bits per heavy atom. The first-order valence-corrected chi connectivity index (χ1v) is 8.16. The zero-order valence-corrected chi connectivity index (χ0v) is 12.5. The van der Waals surface area contributed by atoms with Gasteiger partial charge in [0.1, 0.15) is 5.82 Å². The summed E-state index contributed by atoms with van der Waals surface area (Å²) < 4.78 is 0. The van der Waals surface area contributed by atoms with E-state index in [1.165, 1.54) is 32.1 Å². The fourth-order valence-corrected chi connectivity index (χ4v) is 3.67. The van der Waals surface area contributed by atoms with E-state index in [1.54, 1.807) is 0 Å². The highest BCUT2D eigenvalue weighted by Crippen LogP contribution is 2.37. The van der Waals surface area contributed by atoms with E-state index in [1.807, 2.05) is 12.4 Å². The van der Waals surface area contributed by atoms with Gasteiger partial charge in [-0.3, -0.25) is 4.98 Å². The molecule has 0 radical (unpaired) electrons. The Morgan fingerprint density at radius 2 is 2.10 bits per heavy atom. The molecule has 20 heavy (non-hydrogen) atoms. The lowest BCUT2D eigenvalue weighted by atomic mass is 9.85. The van der Waals surface area contributed by atoms with E-state index >= 15 is 0 Å². The van der Waals surface area contributed by atoms with Crippen LogP contribution < -0.4 is 10.2 Å². The monoisotopic (exact) mass is 274 g/mol. The molecule has 4 nitrogen and oxygen atoms in total. The third-order valence-corrected chi connectivity index (χ3v) is 4.73. The minimum Gasteiger partial charge on any atom is -0.352 e. The van der Waals surface area contributed by atoms with Crippen LogP contribution in [0.1, 0.15) is 51.1 Å². The highest BCUT2D eigenvalue weighted by Gasteiger charge is 2.36. The SMILES string of the molecule is CCCNCc1cnc(N2CCC3CCCCC32)cn1. The lowest BCUT2D eigenvalue weighted by Crippen LogP contribution is -2.35. The molecule has 3 rings (SSSR count). The van der Waals surface area contributed by atoms with Crippen molar-refractivity contribution in [2.24, 2.45) is 5.92 Å². The molecule has 1 N–H and O–H groups in total. The van der Waals surface area contributed by atoms with Crippen molar-refractivity contribution >= 4 is 5.82 Å². The predicted molar refractivity (Wildman–Crippen MR) is 81.7 cm³/mol. The molecule has 2 unspecified atom stereocenters. The van der Waals surface area contributed by atoms with Gasteiger partial charge in [0.05, 0.1) is 18.1 Å². The first kappa shape index (κ1) is 13.8. The van der Waals surface area contributed by atoms with Crippen molar-refractivity contribution in [3.05, 3.63) is 18.1 Å². The van der Waals surface area contributed by atoms with E-state index < -0.39 is 0 Å². The van der Waals surface area contributed by atoms with Gasteiger partial charge in [-0.25, -0.2) is 4.98 Å². The lowest BCUT2D eigenvalue weighted by Gasteiger charge is -2.32. The fourth-order valence-electron chi connectivity index (χ4n) is 3.67. The number of hydrogen-bond donors (Lipinski definition) is 1. The normalized spacial score (nSPS) is 25.8. The molecular weight excluding hydrogens is 248 g/mol. The topological polar surface area (TPSA) is 41.1 Å². The summed E-state index contributed by atoms with van der Waals surface area (Å²) in [7, 11) is 0. The van der Waals surface area contributed by atoms with Crippen molar-refractivity contribution in [2.45, 2.75) is 58.0 Å². The molecule has 1 aromatic rings. The van der Waals surface area contributed by atoms with Gasteiger partial charge in [-0.05, 0) is 38.1 Å². The van der Waals surface area contributed by atoms with Crippen LogP contribution in [0.2, 0.25) is 0 Å². The van der Waals surface area contributed by atoms with Gasteiger partial charge in [-0.15, -0.1) is 0 Å². The molecule has 1 aliphatic carbocycles. The second-order valence-corrected chi connectivity index (χ2v) is 6.14. The Balaban J connectivity index is 1.62. The van der Waals surface area contributed by atoms with Crippen LogP contribution in [0.5, 0.6) is 0 Å². The maximum absolute atomic E-state index is 4.65. The van der Waals surface area contributed by atoms with Crippen LogP contribution in [-0.4, -0.2) is 29.1 Å². The Labute approximate surface area is 122 Å². The van der Waals surface area contributed by atoms with E-state index in [2.05, 4.69) is 27.1 Å². The number of anilines is 1. The molecule has 0 aromatic carbocycles. The maximum Gasteiger partial charge on any atom is 0.147 e. The van der Waals surface area contributed by atoms with Crippen LogP contribution in [0.25, 0.3) is 0 Å². The van der Waals surface area contributed by atoms with Gasteiger partial charge in [0.2, 0.25) is 0 Å². The summed E-state index contributed by atoms with van der Waals surface area (Å²) in [5.41, 5.74) is 1.04. The predicted octanol–water partition coefficient (Wildman–Crippen LogP) is 2.75. The van der Waals surface area contributed by atoms with Gasteiger partial charge in [-0.2, -0.15) is 0 Å². The zero-order chi connectivity index (χ0) is 13.8. The zero-order valence-electron chi connectivity index (χ0n) is 12.5. The van der Waals surface area contributed by atoms with E-state index in [9.17, 15) is 0 Å². The minimum atomic E-state index is 0.724. The summed E-state index contributed by atoms with van der Waals surface area (Å²) in [5, 5.41) is 3.37. The molecule has 1 aromatic heterocycles. The van der Waals surface area contributed by atoms with Crippen LogP contribution in [0.3, 0.4) is 0 Å². The largest absolute Gasteiger partial charge is 0.352 e. The molecule has 0 spiro atoms. The number of fused-ring (bicyclic) bond motifs is 1. The van der Waals surface area contributed by atoms with E-state index in [4.69, 9.17) is 0 Å². The van der Waals surface area contributed by atoms with Crippen molar-refractivity contribution in [2.75, 3.05) is 18.0 Å². The van der Waals surface area contributed by atoms with Gasteiger partial charge < -0.3 is 10.2 Å². The molecule has 2 fully saturated rings. The Morgan fingerprint density at radius 3 is 2.90 bits per heavy atom. The third-order valence-electron chi connectivity index (χ3n) is 4.73. The molecular formula is C16H26N4. The number of hydrogen-bond acceptors (Lipinski definition) is 4. The Bertz CT molecular complexity index is 417. The lowest BCUT2D eigenvalue weighted by molar-refractivity contribution is 0.341. The quantitative estimate of drug-likeness (QED) is 0.838. The van der Waals surface area contributed by atoms with Gasteiger partial charge in [0.15, 0.2) is 0 Å². The highest BCUT2D eigenvalue weighted by molar-refractivity contribution is 5.39. The first-order valence-electron chi connectivity index (χ1n) is 8.16. The smallest absolute Gasteiger partial charge is 0.147 e. The summed E-state index contributed by atoms with van der Waals surface area (Å²) in [6, 6.07) is 0.724. The second kappa shape index (κ2) is 6.53. The molecule has 1 aliphatic heterocycles. The number of nitrogens with zero attached hydrogens (tertiary/aromatic N) is 3. The summed E-state index contributed by atoms with van der Waals surface area (Å²) in [5.74, 6) is 1.98. The Hall–Kier alpha value is -1.16. The average molecular weight is 274 g/mol. The molecule has 0 bridgehead atoms. The van der Waals surface area contributed by atoms with Crippen LogP contribution in [0.15, 0.2) is 12.4 Å². The van der Waals surface area contributed by atoms with E-state index in [0.29, 0.717) is 0 Å².